The first-order valence-electron chi connectivity index (χ1n) is 6.59. The van der Waals surface area contributed by atoms with Gasteiger partial charge < -0.3 is 15.7 Å². The van der Waals surface area contributed by atoms with E-state index in [0.29, 0.717) is 5.84 Å². The van der Waals surface area contributed by atoms with E-state index < -0.39 is 0 Å². The Morgan fingerprint density at radius 1 is 1.39 bits per heavy atom. The third kappa shape index (κ3) is 4.12. The predicted octanol–water partition coefficient (Wildman–Crippen LogP) is 0.164. The molecule has 2 atom stereocenters. The van der Waals surface area contributed by atoms with Gasteiger partial charge in [0.05, 0.1) is 12.1 Å². The first-order chi connectivity index (χ1) is 8.62. The second-order valence-electron chi connectivity index (χ2n) is 4.83. The molecule has 0 bridgehead atoms. The summed E-state index contributed by atoms with van der Waals surface area (Å²) in [6.45, 7) is 9.01. The van der Waals surface area contributed by atoms with Gasteiger partial charge in [-0.25, -0.2) is 0 Å². The second-order valence-corrected chi connectivity index (χ2v) is 4.83. The van der Waals surface area contributed by atoms with Crippen LogP contribution in [-0.4, -0.2) is 72.8 Å². The summed E-state index contributed by atoms with van der Waals surface area (Å²) in [6.07, 6.45) is 1.13. The molecule has 1 fully saturated rings. The van der Waals surface area contributed by atoms with Gasteiger partial charge in [0, 0.05) is 39.8 Å². The van der Waals surface area contributed by atoms with E-state index in [0.717, 1.165) is 39.1 Å². The maximum absolute atomic E-state index is 8.78. The van der Waals surface area contributed by atoms with Crippen LogP contribution < -0.4 is 5.73 Å². The SMILES string of the molecule is CCC(C(N)=NO)N1CCN(CC(C)OC)CC1. The number of amidine groups is 1. The van der Waals surface area contributed by atoms with E-state index in [1.807, 2.05) is 0 Å². The van der Waals surface area contributed by atoms with Crippen LogP contribution in [0.5, 0.6) is 0 Å². The summed E-state index contributed by atoms with van der Waals surface area (Å²) < 4.78 is 5.28. The topological polar surface area (TPSA) is 74.3 Å². The van der Waals surface area contributed by atoms with Crippen molar-refractivity contribution in [3.63, 3.8) is 0 Å². The highest BCUT2D eigenvalue weighted by Crippen LogP contribution is 2.10. The van der Waals surface area contributed by atoms with Gasteiger partial charge in [-0.3, -0.25) is 9.80 Å². The summed E-state index contributed by atoms with van der Waals surface area (Å²) in [5, 5.41) is 11.9. The molecule has 6 heteroatoms. The number of methoxy groups -OCH3 is 1. The van der Waals surface area contributed by atoms with Crippen LogP contribution in [0.1, 0.15) is 20.3 Å². The van der Waals surface area contributed by atoms with Gasteiger partial charge in [0.15, 0.2) is 5.84 Å². The zero-order chi connectivity index (χ0) is 13.5. The fraction of sp³-hybridized carbons (Fsp3) is 0.917. The zero-order valence-corrected chi connectivity index (χ0v) is 11.7. The molecule has 3 N–H and O–H groups in total. The molecule has 1 aliphatic heterocycles. The van der Waals surface area contributed by atoms with Crippen LogP contribution in [-0.2, 0) is 4.74 Å². The number of rotatable bonds is 6. The molecule has 6 nitrogen and oxygen atoms in total. The molecule has 0 spiro atoms. The average molecular weight is 258 g/mol. The van der Waals surface area contributed by atoms with Gasteiger partial charge in [0.25, 0.3) is 0 Å². The molecular weight excluding hydrogens is 232 g/mol. The van der Waals surface area contributed by atoms with Crippen molar-refractivity contribution in [2.75, 3.05) is 39.8 Å². The number of nitrogens with two attached hydrogens (primary N) is 1. The van der Waals surface area contributed by atoms with Crippen LogP contribution in [0.15, 0.2) is 5.16 Å². The minimum Gasteiger partial charge on any atom is -0.409 e. The fourth-order valence-electron chi connectivity index (χ4n) is 2.42. The van der Waals surface area contributed by atoms with Crippen molar-refractivity contribution >= 4 is 5.84 Å². The lowest BCUT2D eigenvalue weighted by molar-refractivity contribution is 0.0477. The van der Waals surface area contributed by atoms with Gasteiger partial charge >= 0.3 is 0 Å². The molecule has 1 rings (SSSR count). The van der Waals surface area contributed by atoms with Gasteiger partial charge in [-0.05, 0) is 13.3 Å². The molecule has 2 unspecified atom stereocenters. The molecule has 0 amide bonds. The lowest BCUT2D eigenvalue weighted by atomic mass is 10.1. The van der Waals surface area contributed by atoms with Crippen molar-refractivity contribution in [3.8, 4) is 0 Å². The van der Waals surface area contributed by atoms with Gasteiger partial charge in [0.1, 0.15) is 0 Å². The Morgan fingerprint density at radius 2 is 2.00 bits per heavy atom. The molecule has 0 aromatic rings. The van der Waals surface area contributed by atoms with Crippen LogP contribution in [0.2, 0.25) is 0 Å². The van der Waals surface area contributed by atoms with Gasteiger partial charge in [0.2, 0.25) is 0 Å². The zero-order valence-electron chi connectivity index (χ0n) is 11.7. The molecular formula is C12H26N4O2. The van der Waals surface area contributed by atoms with Gasteiger partial charge in [-0.15, -0.1) is 0 Å². The van der Waals surface area contributed by atoms with Gasteiger partial charge in [-0.2, -0.15) is 0 Å². The first-order valence-corrected chi connectivity index (χ1v) is 6.59. The van der Waals surface area contributed by atoms with Crippen LogP contribution >= 0.6 is 0 Å². The van der Waals surface area contributed by atoms with Crippen molar-refractivity contribution in [1.29, 1.82) is 0 Å². The van der Waals surface area contributed by atoms with Crippen molar-refractivity contribution < 1.29 is 9.94 Å². The fourth-order valence-corrected chi connectivity index (χ4v) is 2.42. The molecule has 18 heavy (non-hydrogen) atoms. The van der Waals surface area contributed by atoms with Crippen LogP contribution in [0.3, 0.4) is 0 Å². The highest BCUT2D eigenvalue weighted by Gasteiger charge is 2.25. The summed E-state index contributed by atoms with van der Waals surface area (Å²) in [7, 11) is 1.74. The van der Waals surface area contributed by atoms with Crippen LogP contribution in [0, 0.1) is 0 Å². The highest BCUT2D eigenvalue weighted by atomic mass is 16.5. The molecule has 0 aromatic heterocycles. The molecule has 1 saturated heterocycles. The Kier molecular flexibility index (Phi) is 6.38. The molecule has 106 valence electrons. The van der Waals surface area contributed by atoms with E-state index in [1.165, 1.54) is 0 Å². The normalized spacial score (nSPS) is 22.9. The molecule has 0 saturated carbocycles. The van der Waals surface area contributed by atoms with E-state index in [1.54, 1.807) is 7.11 Å². The number of piperazine rings is 1. The van der Waals surface area contributed by atoms with E-state index in [-0.39, 0.29) is 12.1 Å². The standard InChI is InChI=1S/C12H26N4O2/c1-4-11(12(13)14-17)16-7-5-15(6-8-16)9-10(2)18-3/h10-11,17H,4-9H2,1-3H3,(H2,13,14). The Hall–Kier alpha value is -0.850. The molecule has 0 aliphatic carbocycles. The summed E-state index contributed by atoms with van der Waals surface area (Å²) >= 11 is 0. The van der Waals surface area contributed by atoms with Gasteiger partial charge in [-0.1, -0.05) is 12.1 Å². The molecule has 1 aliphatic rings. The second kappa shape index (κ2) is 7.56. The van der Waals surface area contributed by atoms with Crippen molar-refractivity contribution in [2.24, 2.45) is 10.9 Å². The highest BCUT2D eigenvalue weighted by molar-refractivity contribution is 5.85. The molecule has 1 heterocycles. The Bertz CT molecular complexity index is 265. The van der Waals surface area contributed by atoms with Crippen LogP contribution in [0.25, 0.3) is 0 Å². The van der Waals surface area contributed by atoms with E-state index in [2.05, 4.69) is 28.8 Å². The summed E-state index contributed by atoms with van der Waals surface area (Å²) in [5.74, 6) is 0.316. The quantitative estimate of drug-likeness (QED) is 0.307. The summed E-state index contributed by atoms with van der Waals surface area (Å²) in [5.41, 5.74) is 5.72. The minimum absolute atomic E-state index is 0.0528. The average Bonchev–Trinajstić information content (AvgIpc) is 2.41. The third-order valence-electron chi connectivity index (χ3n) is 3.61. The van der Waals surface area contributed by atoms with Crippen molar-refractivity contribution in [1.82, 2.24) is 9.80 Å². The lowest BCUT2D eigenvalue weighted by Gasteiger charge is -2.39. The maximum atomic E-state index is 8.78. The number of ether oxygens (including phenoxy) is 1. The Labute approximate surface area is 109 Å². The third-order valence-corrected chi connectivity index (χ3v) is 3.61. The minimum atomic E-state index is 0.0528. The number of hydrogen-bond donors (Lipinski definition) is 2. The number of nitrogens with zero attached hydrogens (tertiary/aromatic N) is 3. The predicted molar refractivity (Wildman–Crippen MR) is 72.0 cm³/mol. The molecule has 0 radical (unpaired) electrons. The number of hydrogen-bond acceptors (Lipinski definition) is 5. The maximum Gasteiger partial charge on any atom is 0.156 e. The largest absolute Gasteiger partial charge is 0.409 e. The summed E-state index contributed by atoms with van der Waals surface area (Å²) in [4.78, 5) is 4.67. The summed E-state index contributed by atoms with van der Waals surface area (Å²) in [6, 6.07) is 0.0528. The van der Waals surface area contributed by atoms with Crippen molar-refractivity contribution in [3.05, 3.63) is 0 Å². The van der Waals surface area contributed by atoms with Crippen LogP contribution in [0.4, 0.5) is 0 Å². The van der Waals surface area contributed by atoms with E-state index in [4.69, 9.17) is 15.7 Å². The first kappa shape index (κ1) is 15.2. The van der Waals surface area contributed by atoms with E-state index >= 15 is 0 Å². The van der Waals surface area contributed by atoms with E-state index in [9.17, 15) is 0 Å². The smallest absolute Gasteiger partial charge is 0.156 e. The Balaban J connectivity index is 2.42. The number of oxime groups is 1. The van der Waals surface area contributed by atoms with Crippen molar-refractivity contribution in [2.45, 2.75) is 32.4 Å². The monoisotopic (exact) mass is 258 g/mol. The lowest BCUT2D eigenvalue weighted by Crippen LogP contribution is -2.54. The molecule has 0 aromatic carbocycles. The Morgan fingerprint density at radius 3 is 2.44 bits per heavy atom.